The summed E-state index contributed by atoms with van der Waals surface area (Å²) in [5, 5.41) is 12.5. The second kappa shape index (κ2) is 8.42. The number of aromatic nitrogens is 2. The molecule has 6 nitrogen and oxygen atoms in total. The molecular formula is C18H30N4O2. The lowest BCUT2D eigenvalue weighted by molar-refractivity contribution is -0.127. The molecule has 1 aliphatic rings. The molecule has 0 bridgehead atoms. The third kappa shape index (κ3) is 4.66. The van der Waals surface area contributed by atoms with E-state index in [1.807, 2.05) is 19.9 Å². The van der Waals surface area contributed by atoms with Gasteiger partial charge in [-0.2, -0.15) is 0 Å². The van der Waals surface area contributed by atoms with Crippen LogP contribution in [0.2, 0.25) is 0 Å². The molecule has 0 radical (unpaired) electrons. The Morgan fingerprint density at radius 1 is 1.33 bits per heavy atom. The van der Waals surface area contributed by atoms with Crippen molar-refractivity contribution in [2.75, 3.05) is 24.6 Å². The third-order valence-corrected chi connectivity index (χ3v) is 4.97. The molecule has 0 aliphatic carbocycles. The van der Waals surface area contributed by atoms with Crippen LogP contribution in [0.1, 0.15) is 44.5 Å². The van der Waals surface area contributed by atoms with Gasteiger partial charge < -0.3 is 15.3 Å². The van der Waals surface area contributed by atoms with Crippen LogP contribution in [-0.4, -0.2) is 46.7 Å². The van der Waals surface area contributed by atoms with Gasteiger partial charge in [0.2, 0.25) is 11.9 Å². The van der Waals surface area contributed by atoms with Crippen molar-refractivity contribution >= 4 is 11.9 Å². The third-order valence-electron chi connectivity index (χ3n) is 4.97. The molecule has 2 rings (SSSR count). The van der Waals surface area contributed by atoms with Crippen LogP contribution in [0.3, 0.4) is 0 Å². The van der Waals surface area contributed by atoms with E-state index < -0.39 is 0 Å². The average Bonchev–Trinajstić information content (AvgIpc) is 2.58. The Bertz CT molecular complexity index is 536. The Balaban J connectivity index is 1.91. The Morgan fingerprint density at radius 3 is 2.42 bits per heavy atom. The van der Waals surface area contributed by atoms with Crippen LogP contribution in [0.4, 0.5) is 5.95 Å². The molecule has 24 heavy (non-hydrogen) atoms. The smallest absolute Gasteiger partial charge is 0.225 e. The molecule has 0 aromatic carbocycles. The number of piperidine rings is 1. The number of hydrogen-bond donors (Lipinski definition) is 2. The quantitative estimate of drug-likeness (QED) is 0.830. The molecule has 0 unspecified atom stereocenters. The van der Waals surface area contributed by atoms with Gasteiger partial charge in [-0.3, -0.25) is 4.79 Å². The number of nitrogens with zero attached hydrogens (tertiary/aromatic N) is 3. The lowest BCUT2D eigenvalue weighted by Gasteiger charge is -2.33. The van der Waals surface area contributed by atoms with Crippen molar-refractivity contribution in [3.05, 3.63) is 17.5 Å². The summed E-state index contributed by atoms with van der Waals surface area (Å²) < 4.78 is 0. The van der Waals surface area contributed by atoms with Crippen molar-refractivity contribution in [2.24, 2.45) is 11.8 Å². The van der Waals surface area contributed by atoms with Gasteiger partial charge in [-0.25, -0.2) is 9.97 Å². The van der Waals surface area contributed by atoms with E-state index >= 15 is 0 Å². The number of rotatable bonds is 6. The fourth-order valence-electron chi connectivity index (χ4n) is 3.14. The SMILES string of the molecule is CC[C@@H](C)[C@H](CO)NC(=O)C1CCN(c2nc(C)cc(C)n2)CC1. The van der Waals surface area contributed by atoms with Gasteiger partial charge in [0.1, 0.15) is 0 Å². The molecule has 1 aromatic rings. The standard InChI is InChI=1S/C18H30N4O2/c1-5-12(2)16(11-23)21-17(24)15-6-8-22(9-7-15)18-19-13(3)10-14(4)20-18/h10,12,15-16,23H,5-9,11H2,1-4H3,(H,21,24)/t12-,16+/m1/s1. The van der Waals surface area contributed by atoms with Crippen molar-refractivity contribution in [1.29, 1.82) is 0 Å². The van der Waals surface area contributed by atoms with E-state index in [1.54, 1.807) is 0 Å². The number of anilines is 1. The topological polar surface area (TPSA) is 78.4 Å². The molecular weight excluding hydrogens is 304 g/mol. The number of carbonyl (C=O) groups excluding carboxylic acids is 1. The fraction of sp³-hybridized carbons (Fsp3) is 0.722. The van der Waals surface area contributed by atoms with E-state index in [1.165, 1.54) is 0 Å². The highest BCUT2D eigenvalue weighted by Crippen LogP contribution is 2.22. The van der Waals surface area contributed by atoms with Crippen LogP contribution in [0.15, 0.2) is 6.07 Å². The number of aliphatic hydroxyl groups excluding tert-OH is 1. The minimum absolute atomic E-state index is 0.00397. The second-order valence-corrected chi connectivity index (χ2v) is 6.90. The summed E-state index contributed by atoms with van der Waals surface area (Å²) in [6.07, 6.45) is 2.52. The fourth-order valence-corrected chi connectivity index (χ4v) is 3.14. The Kier molecular flexibility index (Phi) is 6.54. The molecule has 0 saturated carbocycles. The summed E-state index contributed by atoms with van der Waals surface area (Å²) in [7, 11) is 0. The number of aryl methyl sites for hydroxylation is 2. The van der Waals surface area contributed by atoms with Crippen molar-refractivity contribution < 1.29 is 9.90 Å². The maximum atomic E-state index is 12.5. The first-order valence-corrected chi connectivity index (χ1v) is 8.93. The van der Waals surface area contributed by atoms with Crippen LogP contribution in [0, 0.1) is 25.7 Å². The summed E-state index contributed by atoms with van der Waals surface area (Å²) in [6.45, 7) is 9.64. The van der Waals surface area contributed by atoms with E-state index in [0.717, 1.165) is 49.7 Å². The molecule has 1 amide bonds. The predicted molar refractivity (Wildman–Crippen MR) is 94.9 cm³/mol. The van der Waals surface area contributed by atoms with Gasteiger partial charge >= 0.3 is 0 Å². The highest BCUT2D eigenvalue weighted by molar-refractivity contribution is 5.79. The first-order valence-electron chi connectivity index (χ1n) is 8.93. The maximum Gasteiger partial charge on any atom is 0.225 e. The van der Waals surface area contributed by atoms with Crippen LogP contribution in [0.25, 0.3) is 0 Å². The number of nitrogens with one attached hydrogen (secondary N) is 1. The van der Waals surface area contributed by atoms with Crippen LogP contribution < -0.4 is 10.2 Å². The summed E-state index contributed by atoms with van der Waals surface area (Å²) in [6, 6.07) is 1.82. The van der Waals surface area contributed by atoms with Crippen molar-refractivity contribution in [2.45, 2.75) is 53.0 Å². The molecule has 2 atom stereocenters. The molecule has 1 saturated heterocycles. The molecule has 2 heterocycles. The van der Waals surface area contributed by atoms with Gasteiger partial charge in [0.25, 0.3) is 0 Å². The largest absolute Gasteiger partial charge is 0.394 e. The Morgan fingerprint density at radius 2 is 1.92 bits per heavy atom. The van der Waals surface area contributed by atoms with Crippen LogP contribution in [-0.2, 0) is 4.79 Å². The summed E-state index contributed by atoms with van der Waals surface area (Å²) in [5.74, 6) is 1.11. The maximum absolute atomic E-state index is 12.5. The van der Waals surface area contributed by atoms with Gasteiger partial charge in [-0.15, -0.1) is 0 Å². The van der Waals surface area contributed by atoms with Crippen molar-refractivity contribution in [3.63, 3.8) is 0 Å². The van der Waals surface area contributed by atoms with E-state index in [0.29, 0.717) is 0 Å². The minimum atomic E-state index is -0.150. The molecule has 0 spiro atoms. The minimum Gasteiger partial charge on any atom is -0.394 e. The molecule has 6 heteroatoms. The van der Waals surface area contributed by atoms with Crippen molar-refractivity contribution in [1.82, 2.24) is 15.3 Å². The zero-order chi connectivity index (χ0) is 17.7. The van der Waals surface area contributed by atoms with Crippen LogP contribution in [0.5, 0.6) is 0 Å². The number of carbonyl (C=O) groups is 1. The molecule has 134 valence electrons. The van der Waals surface area contributed by atoms with Gasteiger partial charge in [0.15, 0.2) is 0 Å². The van der Waals surface area contributed by atoms with E-state index in [2.05, 4.69) is 34.0 Å². The predicted octanol–water partition coefficient (Wildman–Crippen LogP) is 1.83. The zero-order valence-corrected chi connectivity index (χ0v) is 15.2. The highest BCUT2D eigenvalue weighted by atomic mass is 16.3. The summed E-state index contributed by atoms with van der Waals surface area (Å²) >= 11 is 0. The highest BCUT2D eigenvalue weighted by Gasteiger charge is 2.28. The average molecular weight is 334 g/mol. The molecule has 1 aromatic heterocycles. The van der Waals surface area contributed by atoms with Gasteiger partial charge in [-0.05, 0) is 38.7 Å². The second-order valence-electron chi connectivity index (χ2n) is 6.90. The Hall–Kier alpha value is -1.69. The first-order chi connectivity index (χ1) is 11.4. The lowest BCUT2D eigenvalue weighted by atomic mass is 9.94. The van der Waals surface area contributed by atoms with E-state index in [9.17, 15) is 9.90 Å². The van der Waals surface area contributed by atoms with Gasteiger partial charge in [0.05, 0.1) is 12.6 Å². The number of hydrogen-bond acceptors (Lipinski definition) is 5. The monoisotopic (exact) mass is 334 g/mol. The molecule has 2 N–H and O–H groups in total. The first kappa shape index (κ1) is 18.6. The van der Waals surface area contributed by atoms with Crippen LogP contribution >= 0.6 is 0 Å². The van der Waals surface area contributed by atoms with E-state index in [4.69, 9.17) is 0 Å². The molecule has 1 aliphatic heterocycles. The normalized spacial score (nSPS) is 18.3. The van der Waals surface area contributed by atoms with E-state index in [-0.39, 0.29) is 30.4 Å². The van der Waals surface area contributed by atoms with Gasteiger partial charge in [-0.1, -0.05) is 20.3 Å². The summed E-state index contributed by atoms with van der Waals surface area (Å²) in [4.78, 5) is 23.6. The Labute approximate surface area is 144 Å². The lowest BCUT2D eigenvalue weighted by Crippen LogP contribution is -2.47. The van der Waals surface area contributed by atoms with Gasteiger partial charge in [0, 0.05) is 30.4 Å². The number of amides is 1. The number of aliphatic hydroxyl groups is 1. The zero-order valence-electron chi connectivity index (χ0n) is 15.2. The molecule has 1 fully saturated rings. The van der Waals surface area contributed by atoms with Crippen molar-refractivity contribution in [3.8, 4) is 0 Å². The summed E-state index contributed by atoms with van der Waals surface area (Å²) in [5.41, 5.74) is 1.94.